The molecule has 1 aliphatic rings. The van der Waals surface area contributed by atoms with Gasteiger partial charge in [-0.25, -0.2) is 0 Å². The maximum atomic E-state index is 11.8. The summed E-state index contributed by atoms with van der Waals surface area (Å²) in [6.45, 7) is 6.34. The zero-order chi connectivity index (χ0) is 12.0. The molecule has 0 heterocycles. The average Bonchev–Trinajstić information content (AvgIpc) is 2.26. The lowest BCUT2D eigenvalue weighted by atomic mass is 9.87. The zero-order valence-corrected chi connectivity index (χ0v) is 10.6. The van der Waals surface area contributed by atoms with E-state index in [2.05, 4.69) is 18.7 Å². The summed E-state index contributed by atoms with van der Waals surface area (Å²) in [5, 5.41) is 8.86. The van der Waals surface area contributed by atoms with E-state index in [1.807, 2.05) is 0 Å². The summed E-state index contributed by atoms with van der Waals surface area (Å²) < 4.78 is 0. The van der Waals surface area contributed by atoms with E-state index in [0.717, 1.165) is 38.8 Å². The predicted molar refractivity (Wildman–Crippen MR) is 65.4 cm³/mol. The Balaban J connectivity index is 2.42. The Kier molecular flexibility index (Phi) is 5.99. The van der Waals surface area contributed by atoms with Crippen LogP contribution in [0.4, 0.5) is 0 Å². The Hall–Kier alpha value is -0.410. The molecule has 0 aromatic rings. The van der Waals surface area contributed by atoms with E-state index in [4.69, 9.17) is 5.11 Å². The molecule has 0 spiro atoms. The van der Waals surface area contributed by atoms with Crippen LogP contribution in [0.15, 0.2) is 0 Å². The van der Waals surface area contributed by atoms with Crippen molar-refractivity contribution in [3.05, 3.63) is 0 Å². The minimum atomic E-state index is 0.238. The molecule has 1 atom stereocenters. The van der Waals surface area contributed by atoms with Gasteiger partial charge in [0.2, 0.25) is 0 Å². The zero-order valence-electron chi connectivity index (χ0n) is 10.6. The molecule has 0 radical (unpaired) electrons. The number of carbonyl (C=O) groups is 1. The number of hydrogen-bond donors (Lipinski definition) is 1. The van der Waals surface area contributed by atoms with Crippen molar-refractivity contribution in [2.24, 2.45) is 5.92 Å². The van der Waals surface area contributed by atoms with Gasteiger partial charge in [0.1, 0.15) is 5.78 Å². The fraction of sp³-hybridized carbons (Fsp3) is 0.923. The second kappa shape index (κ2) is 7.02. The number of hydrogen-bond acceptors (Lipinski definition) is 3. The molecule has 0 aromatic heterocycles. The molecule has 1 saturated carbocycles. The highest BCUT2D eigenvalue weighted by atomic mass is 16.3. The third-order valence-electron chi connectivity index (χ3n) is 3.47. The fourth-order valence-electron chi connectivity index (χ4n) is 2.37. The summed E-state index contributed by atoms with van der Waals surface area (Å²) in [5.41, 5.74) is 0. The summed E-state index contributed by atoms with van der Waals surface area (Å²) in [6.07, 6.45) is 4.91. The van der Waals surface area contributed by atoms with Crippen molar-refractivity contribution >= 4 is 5.78 Å². The molecule has 3 heteroatoms. The van der Waals surface area contributed by atoms with Gasteiger partial charge in [-0.05, 0) is 33.1 Å². The molecular formula is C13H25NO2. The smallest absolute Gasteiger partial charge is 0.137 e. The number of carbonyl (C=O) groups excluding carboxylic acids is 1. The van der Waals surface area contributed by atoms with Crippen molar-refractivity contribution < 1.29 is 9.90 Å². The van der Waals surface area contributed by atoms with E-state index in [-0.39, 0.29) is 12.5 Å². The van der Waals surface area contributed by atoms with Crippen LogP contribution in [0.5, 0.6) is 0 Å². The molecule has 1 aliphatic carbocycles. The lowest BCUT2D eigenvalue weighted by Crippen LogP contribution is -2.39. The van der Waals surface area contributed by atoms with E-state index >= 15 is 0 Å². The van der Waals surface area contributed by atoms with E-state index in [9.17, 15) is 4.79 Å². The summed E-state index contributed by atoms with van der Waals surface area (Å²) >= 11 is 0. The lowest BCUT2D eigenvalue weighted by molar-refractivity contribution is -0.125. The quantitative estimate of drug-likeness (QED) is 0.752. The Morgan fingerprint density at radius 3 is 2.75 bits per heavy atom. The Morgan fingerprint density at radius 2 is 2.19 bits per heavy atom. The van der Waals surface area contributed by atoms with Crippen LogP contribution in [-0.2, 0) is 4.79 Å². The van der Waals surface area contributed by atoms with Crippen LogP contribution < -0.4 is 0 Å². The van der Waals surface area contributed by atoms with Gasteiger partial charge < -0.3 is 10.0 Å². The molecule has 3 nitrogen and oxygen atoms in total. The van der Waals surface area contributed by atoms with Crippen LogP contribution in [0.2, 0.25) is 0 Å². The van der Waals surface area contributed by atoms with Crippen LogP contribution in [0.3, 0.4) is 0 Å². The minimum absolute atomic E-state index is 0.238. The fourth-order valence-corrected chi connectivity index (χ4v) is 2.37. The molecule has 1 unspecified atom stereocenters. The molecule has 1 N–H and O–H groups in total. The van der Waals surface area contributed by atoms with Gasteiger partial charge in [0.15, 0.2) is 0 Å². The number of aliphatic hydroxyl groups excluding tert-OH is 1. The van der Waals surface area contributed by atoms with Crippen molar-refractivity contribution in [2.45, 2.75) is 52.0 Å². The molecule has 16 heavy (non-hydrogen) atoms. The highest BCUT2D eigenvalue weighted by Crippen LogP contribution is 2.22. The van der Waals surface area contributed by atoms with Gasteiger partial charge in [-0.3, -0.25) is 4.79 Å². The summed E-state index contributed by atoms with van der Waals surface area (Å²) in [7, 11) is 0. The predicted octanol–water partition coefficient (Wildman–Crippen LogP) is 1.84. The van der Waals surface area contributed by atoms with Crippen molar-refractivity contribution in [2.75, 3.05) is 19.7 Å². The average molecular weight is 227 g/mol. The van der Waals surface area contributed by atoms with Gasteiger partial charge in [-0.2, -0.15) is 0 Å². The molecule has 0 amide bonds. The monoisotopic (exact) mass is 227 g/mol. The topological polar surface area (TPSA) is 40.5 Å². The number of aliphatic hydroxyl groups is 1. The Morgan fingerprint density at radius 1 is 1.44 bits per heavy atom. The molecule has 94 valence electrons. The minimum Gasteiger partial charge on any atom is -0.396 e. The molecular weight excluding hydrogens is 202 g/mol. The first kappa shape index (κ1) is 13.7. The van der Waals surface area contributed by atoms with Crippen LogP contribution in [0, 0.1) is 5.92 Å². The molecule has 0 aromatic carbocycles. The molecule has 1 rings (SSSR count). The first-order valence-corrected chi connectivity index (χ1v) is 6.52. The van der Waals surface area contributed by atoms with Crippen LogP contribution in [-0.4, -0.2) is 41.5 Å². The second-order valence-corrected chi connectivity index (χ2v) is 5.07. The Bertz CT molecular complexity index is 216. The van der Waals surface area contributed by atoms with Crippen LogP contribution >= 0.6 is 0 Å². The van der Waals surface area contributed by atoms with Gasteiger partial charge in [0.05, 0.1) is 0 Å². The number of ketones is 1. The van der Waals surface area contributed by atoms with Crippen molar-refractivity contribution in [3.8, 4) is 0 Å². The SMILES string of the molecule is CC(C)N(CCCO)CC1CCCCC1=O. The van der Waals surface area contributed by atoms with E-state index in [1.54, 1.807) is 0 Å². The second-order valence-electron chi connectivity index (χ2n) is 5.07. The van der Waals surface area contributed by atoms with Crippen molar-refractivity contribution in [1.82, 2.24) is 4.90 Å². The maximum absolute atomic E-state index is 11.8. The van der Waals surface area contributed by atoms with Gasteiger partial charge in [0, 0.05) is 38.1 Å². The van der Waals surface area contributed by atoms with E-state index in [0.29, 0.717) is 11.8 Å². The first-order valence-electron chi connectivity index (χ1n) is 6.52. The van der Waals surface area contributed by atoms with E-state index < -0.39 is 0 Å². The lowest BCUT2D eigenvalue weighted by Gasteiger charge is -2.31. The van der Waals surface area contributed by atoms with Gasteiger partial charge >= 0.3 is 0 Å². The third kappa shape index (κ3) is 4.22. The Labute approximate surface area is 98.8 Å². The summed E-state index contributed by atoms with van der Waals surface area (Å²) in [4.78, 5) is 14.1. The van der Waals surface area contributed by atoms with Crippen LogP contribution in [0.25, 0.3) is 0 Å². The highest BCUT2D eigenvalue weighted by molar-refractivity contribution is 5.81. The van der Waals surface area contributed by atoms with Crippen LogP contribution in [0.1, 0.15) is 46.0 Å². The standard InChI is InChI=1S/C13H25NO2/c1-11(2)14(8-5-9-15)10-12-6-3-4-7-13(12)16/h11-12,15H,3-10H2,1-2H3. The van der Waals surface area contributed by atoms with Crippen molar-refractivity contribution in [3.63, 3.8) is 0 Å². The first-order chi connectivity index (χ1) is 7.65. The van der Waals surface area contributed by atoms with Gasteiger partial charge in [-0.1, -0.05) is 6.42 Å². The molecule has 0 saturated heterocycles. The number of rotatable bonds is 6. The van der Waals surface area contributed by atoms with Gasteiger partial charge in [0.25, 0.3) is 0 Å². The number of Topliss-reactive ketones (excluding diaryl/α,β-unsaturated/α-hetero) is 1. The maximum Gasteiger partial charge on any atom is 0.137 e. The number of nitrogens with zero attached hydrogens (tertiary/aromatic N) is 1. The molecule has 0 bridgehead atoms. The highest BCUT2D eigenvalue weighted by Gasteiger charge is 2.25. The van der Waals surface area contributed by atoms with E-state index in [1.165, 1.54) is 6.42 Å². The third-order valence-corrected chi connectivity index (χ3v) is 3.47. The normalized spacial score (nSPS) is 22.1. The molecule has 1 fully saturated rings. The summed E-state index contributed by atoms with van der Waals surface area (Å²) in [5.74, 6) is 0.691. The van der Waals surface area contributed by atoms with Crippen molar-refractivity contribution in [1.29, 1.82) is 0 Å². The summed E-state index contributed by atoms with van der Waals surface area (Å²) in [6, 6.07) is 0.460. The van der Waals surface area contributed by atoms with Gasteiger partial charge in [-0.15, -0.1) is 0 Å². The largest absolute Gasteiger partial charge is 0.396 e. The molecule has 0 aliphatic heterocycles.